The Morgan fingerprint density at radius 2 is 2.00 bits per heavy atom. The Morgan fingerprint density at radius 3 is 2.72 bits per heavy atom. The van der Waals surface area contributed by atoms with Crippen molar-refractivity contribution in [2.45, 2.75) is 31.7 Å². The number of aromatic amines is 1. The minimum absolute atomic E-state index is 0.0960. The second kappa shape index (κ2) is 6.68. The molecule has 1 aromatic carbocycles. The molecule has 0 fully saturated rings. The number of nitrogens with zero attached hydrogens (tertiary/aromatic N) is 3. The molecule has 1 aliphatic carbocycles. The molecule has 130 valence electrons. The fourth-order valence-electron chi connectivity index (χ4n) is 3.53. The molecule has 2 heterocycles. The molecule has 0 bridgehead atoms. The van der Waals surface area contributed by atoms with Gasteiger partial charge in [-0.05, 0) is 43.4 Å². The van der Waals surface area contributed by atoms with Gasteiger partial charge in [0, 0.05) is 12.6 Å². The largest absolute Gasteiger partial charge is 0.354 e. The summed E-state index contributed by atoms with van der Waals surface area (Å²) < 4.78 is 1.78. The van der Waals surface area contributed by atoms with Gasteiger partial charge in [0.15, 0.2) is 5.65 Å². The molecule has 0 saturated heterocycles. The molecule has 2 aromatic heterocycles. The Labute approximate surface area is 145 Å². The Balaban J connectivity index is 1.62. The molecular formula is C18H22N6O. The van der Waals surface area contributed by atoms with Gasteiger partial charge in [-0.1, -0.05) is 24.3 Å². The van der Waals surface area contributed by atoms with Crippen molar-refractivity contribution in [2.75, 3.05) is 18.4 Å². The summed E-state index contributed by atoms with van der Waals surface area (Å²) in [5.74, 6) is 0.549. The normalized spacial score (nSPS) is 14.1. The zero-order valence-corrected chi connectivity index (χ0v) is 14.0. The van der Waals surface area contributed by atoms with E-state index in [1.165, 1.54) is 11.1 Å². The maximum atomic E-state index is 12.5. The Morgan fingerprint density at radius 1 is 1.24 bits per heavy atom. The first-order valence-corrected chi connectivity index (χ1v) is 8.74. The van der Waals surface area contributed by atoms with Crippen molar-refractivity contribution in [3.63, 3.8) is 0 Å². The zero-order valence-electron chi connectivity index (χ0n) is 14.0. The molecule has 4 rings (SSSR count). The Hall–Kier alpha value is -2.67. The van der Waals surface area contributed by atoms with Crippen molar-refractivity contribution < 1.29 is 0 Å². The molecule has 0 atom stereocenters. The van der Waals surface area contributed by atoms with Crippen LogP contribution in [-0.2, 0) is 12.8 Å². The first-order chi connectivity index (χ1) is 12.3. The average molecular weight is 338 g/mol. The molecule has 0 unspecified atom stereocenters. The third kappa shape index (κ3) is 3.02. The fourth-order valence-corrected chi connectivity index (χ4v) is 3.53. The number of fused-ring (bicyclic) bond motifs is 2. The number of nitrogens with two attached hydrogens (primary N) is 1. The topological polar surface area (TPSA) is 102 Å². The summed E-state index contributed by atoms with van der Waals surface area (Å²) in [6, 6.07) is 8.46. The molecule has 1 aliphatic rings. The quantitative estimate of drug-likeness (QED) is 0.593. The van der Waals surface area contributed by atoms with Crippen LogP contribution in [-0.4, -0.2) is 32.6 Å². The zero-order chi connectivity index (χ0) is 17.2. The van der Waals surface area contributed by atoms with Crippen LogP contribution in [0, 0.1) is 0 Å². The first-order valence-electron chi connectivity index (χ1n) is 8.74. The van der Waals surface area contributed by atoms with Crippen LogP contribution >= 0.6 is 0 Å². The van der Waals surface area contributed by atoms with E-state index in [4.69, 9.17) is 5.73 Å². The van der Waals surface area contributed by atoms with Crippen molar-refractivity contribution in [3.8, 4) is 0 Å². The number of rotatable bonds is 6. The summed E-state index contributed by atoms with van der Waals surface area (Å²) in [5.41, 5.74) is 9.34. The summed E-state index contributed by atoms with van der Waals surface area (Å²) in [5, 5.41) is 3.21. The molecule has 0 aliphatic heterocycles. The van der Waals surface area contributed by atoms with Gasteiger partial charge in [-0.3, -0.25) is 4.57 Å². The predicted molar refractivity (Wildman–Crippen MR) is 97.8 cm³/mol. The molecule has 0 spiro atoms. The van der Waals surface area contributed by atoms with E-state index >= 15 is 0 Å². The molecule has 7 heteroatoms. The first kappa shape index (κ1) is 15.8. The highest BCUT2D eigenvalue weighted by molar-refractivity contribution is 5.71. The number of aromatic nitrogens is 4. The highest BCUT2D eigenvalue weighted by Gasteiger charge is 2.26. The van der Waals surface area contributed by atoms with Crippen molar-refractivity contribution in [1.29, 1.82) is 0 Å². The van der Waals surface area contributed by atoms with Gasteiger partial charge in [0.2, 0.25) is 5.95 Å². The molecule has 0 amide bonds. The maximum Gasteiger partial charge on any atom is 0.327 e. The summed E-state index contributed by atoms with van der Waals surface area (Å²) in [7, 11) is 0. The van der Waals surface area contributed by atoms with Crippen LogP contribution in [0.3, 0.4) is 0 Å². The van der Waals surface area contributed by atoms with Gasteiger partial charge in [0.25, 0.3) is 0 Å². The third-order valence-corrected chi connectivity index (χ3v) is 4.77. The second-order valence-corrected chi connectivity index (χ2v) is 6.48. The Bertz CT molecular complexity index is 919. The summed E-state index contributed by atoms with van der Waals surface area (Å²) in [6.07, 6.45) is 5.31. The van der Waals surface area contributed by atoms with E-state index in [1.807, 2.05) is 12.1 Å². The number of H-pyrrole nitrogens is 1. The van der Waals surface area contributed by atoms with Crippen LogP contribution in [0.15, 0.2) is 35.3 Å². The monoisotopic (exact) mass is 338 g/mol. The van der Waals surface area contributed by atoms with Gasteiger partial charge >= 0.3 is 5.69 Å². The van der Waals surface area contributed by atoms with Gasteiger partial charge in [-0.25, -0.2) is 9.78 Å². The molecule has 25 heavy (non-hydrogen) atoms. The molecular weight excluding hydrogens is 316 g/mol. The lowest BCUT2D eigenvalue weighted by molar-refractivity contribution is 0.525. The van der Waals surface area contributed by atoms with Gasteiger partial charge < -0.3 is 16.0 Å². The van der Waals surface area contributed by atoms with Crippen molar-refractivity contribution >= 4 is 17.1 Å². The van der Waals surface area contributed by atoms with Crippen LogP contribution in [0.4, 0.5) is 5.95 Å². The fraction of sp³-hybridized carbons (Fsp3) is 0.389. The molecule has 0 saturated carbocycles. The Kier molecular flexibility index (Phi) is 4.23. The van der Waals surface area contributed by atoms with Crippen LogP contribution < -0.4 is 16.7 Å². The van der Waals surface area contributed by atoms with Gasteiger partial charge in [-0.2, -0.15) is 4.98 Å². The van der Waals surface area contributed by atoms with E-state index in [0.29, 0.717) is 23.7 Å². The average Bonchev–Trinajstić information content (AvgIpc) is 3.17. The lowest BCUT2D eigenvalue weighted by Crippen LogP contribution is -2.23. The van der Waals surface area contributed by atoms with E-state index < -0.39 is 0 Å². The van der Waals surface area contributed by atoms with E-state index in [2.05, 4.69) is 32.4 Å². The lowest BCUT2D eigenvalue weighted by atomic mass is 10.1. The number of unbranched alkanes of at least 4 members (excludes halogenated alkanes) is 1. The van der Waals surface area contributed by atoms with Crippen LogP contribution in [0.25, 0.3) is 11.2 Å². The van der Waals surface area contributed by atoms with Crippen molar-refractivity contribution in [2.24, 2.45) is 5.73 Å². The molecule has 7 nitrogen and oxygen atoms in total. The van der Waals surface area contributed by atoms with E-state index in [9.17, 15) is 4.79 Å². The van der Waals surface area contributed by atoms with Gasteiger partial charge in [0.05, 0.1) is 6.20 Å². The van der Waals surface area contributed by atoms with Crippen molar-refractivity contribution in [3.05, 3.63) is 52.1 Å². The van der Waals surface area contributed by atoms with Crippen LogP contribution in [0.5, 0.6) is 0 Å². The number of benzene rings is 1. The molecule has 0 radical (unpaired) electrons. The minimum Gasteiger partial charge on any atom is -0.354 e. The number of hydrogen-bond donors (Lipinski definition) is 3. The van der Waals surface area contributed by atoms with E-state index in [1.54, 1.807) is 10.8 Å². The highest BCUT2D eigenvalue weighted by atomic mass is 16.1. The number of nitrogens with one attached hydrogen (secondary N) is 2. The SMILES string of the molecule is NCCCCNc1ncc2[nH]c(=O)n(C3Cc4ccccc4C3)c2n1. The van der Waals surface area contributed by atoms with Crippen LogP contribution in [0.2, 0.25) is 0 Å². The molecule has 3 aromatic rings. The third-order valence-electron chi connectivity index (χ3n) is 4.77. The summed E-state index contributed by atoms with van der Waals surface area (Å²) >= 11 is 0. The van der Waals surface area contributed by atoms with E-state index in [0.717, 1.165) is 32.2 Å². The van der Waals surface area contributed by atoms with Crippen molar-refractivity contribution in [1.82, 2.24) is 19.5 Å². The second-order valence-electron chi connectivity index (χ2n) is 6.48. The minimum atomic E-state index is -0.123. The number of anilines is 1. The van der Waals surface area contributed by atoms with Crippen LogP contribution in [0.1, 0.15) is 30.0 Å². The van der Waals surface area contributed by atoms with Gasteiger partial charge in [0.1, 0.15) is 5.52 Å². The number of imidazole rings is 1. The smallest absolute Gasteiger partial charge is 0.327 e. The van der Waals surface area contributed by atoms with Gasteiger partial charge in [-0.15, -0.1) is 0 Å². The predicted octanol–water partition coefficient (Wildman–Crippen LogP) is 1.61. The summed E-state index contributed by atoms with van der Waals surface area (Å²) in [6.45, 7) is 1.45. The summed E-state index contributed by atoms with van der Waals surface area (Å²) in [4.78, 5) is 24.2. The molecule has 4 N–H and O–H groups in total. The van der Waals surface area contributed by atoms with E-state index in [-0.39, 0.29) is 11.7 Å². The maximum absolute atomic E-state index is 12.5. The standard InChI is InChI=1S/C18H22N6O/c19-7-3-4-8-20-17-21-11-15-16(23-17)24(18(25)22-15)14-9-12-5-1-2-6-13(12)10-14/h1-2,5-6,11,14H,3-4,7-10,19H2,(H,22,25)(H,20,21,23). The lowest BCUT2D eigenvalue weighted by Gasteiger charge is -2.11. The number of hydrogen-bond acceptors (Lipinski definition) is 5. The highest BCUT2D eigenvalue weighted by Crippen LogP contribution is 2.30.